The predicted molar refractivity (Wildman–Crippen MR) is 109 cm³/mol. The summed E-state index contributed by atoms with van der Waals surface area (Å²) in [5.41, 5.74) is -2.13. The Kier molecular flexibility index (Phi) is 5.82. The normalized spacial score (nSPS) is 31.4. The van der Waals surface area contributed by atoms with Crippen LogP contribution in [0.5, 0.6) is 5.75 Å². The monoisotopic (exact) mass is 474 g/mol. The first-order chi connectivity index (χ1) is 14.9. The molecule has 0 saturated heterocycles. The second kappa shape index (κ2) is 8.06. The molecule has 32 heavy (non-hydrogen) atoms. The largest absolute Gasteiger partial charge is 0.482 e. The number of hydrogen-bond acceptors (Lipinski definition) is 5. The second-order valence-electron chi connectivity index (χ2n) is 9.09. The quantitative estimate of drug-likeness (QED) is 0.355. The highest BCUT2D eigenvalue weighted by molar-refractivity contribution is 7.85. The molecule has 4 aliphatic carbocycles. The van der Waals surface area contributed by atoms with Crippen molar-refractivity contribution in [3.8, 4) is 5.75 Å². The fraction of sp³-hybridized carbons (Fsp3) is 0.591. The van der Waals surface area contributed by atoms with Gasteiger partial charge in [-0.05, 0) is 68.2 Å². The summed E-state index contributed by atoms with van der Waals surface area (Å²) < 4.78 is 82.5. The van der Waals surface area contributed by atoms with Crippen LogP contribution >= 0.6 is 0 Å². The van der Waals surface area contributed by atoms with Gasteiger partial charge < -0.3 is 9.47 Å². The van der Waals surface area contributed by atoms with Gasteiger partial charge in [-0.2, -0.15) is 21.6 Å². The highest BCUT2D eigenvalue weighted by atomic mass is 32.2. The van der Waals surface area contributed by atoms with Crippen molar-refractivity contribution in [1.29, 1.82) is 0 Å². The first-order valence-corrected chi connectivity index (χ1v) is 12.2. The fourth-order valence-electron chi connectivity index (χ4n) is 5.94. The maximum Gasteiger partial charge on any atom is 0.419 e. The zero-order chi connectivity index (χ0) is 23.3. The van der Waals surface area contributed by atoms with Crippen LogP contribution in [0.25, 0.3) is 0 Å². The number of benzene rings is 1. The Balaban J connectivity index is 1.63. The number of carbonyl (C=O) groups is 1. The zero-order valence-electron chi connectivity index (χ0n) is 17.3. The summed E-state index contributed by atoms with van der Waals surface area (Å²) in [5.74, 6) is -1.00. The smallest absolute Gasteiger partial charge is 0.419 e. The van der Waals surface area contributed by atoms with Crippen LogP contribution in [0.1, 0.15) is 48.0 Å². The molecule has 0 aliphatic heterocycles. The Hall–Kier alpha value is -2.07. The molecule has 0 atom stereocenters. The molecule has 0 spiro atoms. The lowest BCUT2D eigenvalue weighted by Gasteiger charge is -2.59. The number of carbonyl (C=O) groups excluding carboxylic acids is 1. The minimum absolute atomic E-state index is 0.0719. The van der Waals surface area contributed by atoms with E-state index in [0.717, 1.165) is 43.9 Å². The van der Waals surface area contributed by atoms with Crippen molar-refractivity contribution < 1.29 is 40.4 Å². The number of hydrogen-bond donors (Lipinski definition) is 1. The first-order valence-electron chi connectivity index (χ1n) is 10.6. The number of alkyl halides is 3. The Morgan fingerprint density at radius 3 is 2.25 bits per heavy atom. The van der Waals surface area contributed by atoms with E-state index in [-0.39, 0.29) is 17.4 Å². The van der Waals surface area contributed by atoms with Gasteiger partial charge in [0.1, 0.15) is 23.7 Å². The summed E-state index contributed by atoms with van der Waals surface area (Å²) >= 11 is 0. The molecule has 4 fully saturated rings. The van der Waals surface area contributed by atoms with E-state index in [9.17, 15) is 26.4 Å². The van der Waals surface area contributed by atoms with Crippen molar-refractivity contribution in [2.75, 3.05) is 12.4 Å². The third-order valence-electron chi connectivity index (χ3n) is 7.12. The topological polar surface area (TPSA) is 89.9 Å². The minimum Gasteiger partial charge on any atom is -0.482 e. The van der Waals surface area contributed by atoms with E-state index in [2.05, 4.69) is 6.58 Å². The summed E-state index contributed by atoms with van der Waals surface area (Å²) in [6, 6.07) is 2.72. The van der Waals surface area contributed by atoms with Crippen molar-refractivity contribution in [3.63, 3.8) is 0 Å². The van der Waals surface area contributed by atoms with Crippen LogP contribution in [0.2, 0.25) is 0 Å². The van der Waals surface area contributed by atoms with Crippen LogP contribution < -0.4 is 4.74 Å². The van der Waals surface area contributed by atoms with Gasteiger partial charge in [0.2, 0.25) is 0 Å². The van der Waals surface area contributed by atoms with E-state index >= 15 is 0 Å². The Morgan fingerprint density at radius 2 is 1.75 bits per heavy atom. The average molecular weight is 474 g/mol. The number of rotatable bonds is 7. The molecule has 4 saturated carbocycles. The van der Waals surface area contributed by atoms with E-state index in [1.807, 2.05) is 0 Å². The Morgan fingerprint density at radius 1 is 1.16 bits per heavy atom. The summed E-state index contributed by atoms with van der Waals surface area (Å²) in [6.45, 7) is 3.28. The molecular weight excluding hydrogens is 449 g/mol. The molecule has 176 valence electrons. The highest BCUT2D eigenvalue weighted by Gasteiger charge is 2.58. The molecule has 0 amide bonds. The van der Waals surface area contributed by atoms with Gasteiger partial charge in [-0.1, -0.05) is 6.58 Å². The molecule has 0 aromatic heterocycles. The molecule has 1 aromatic rings. The molecule has 4 aliphatic rings. The molecule has 0 radical (unpaired) electrons. The third kappa shape index (κ3) is 4.39. The van der Waals surface area contributed by atoms with Gasteiger partial charge >= 0.3 is 12.1 Å². The highest BCUT2D eigenvalue weighted by Crippen LogP contribution is 2.60. The molecule has 1 aromatic carbocycles. The van der Waals surface area contributed by atoms with Crippen LogP contribution in [0, 0.1) is 23.7 Å². The van der Waals surface area contributed by atoms with Crippen LogP contribution in [0.3, 0.4) is 0 Å². The van der Waals surface area contributed by atoms with Crippen molar-refractivity contribution >= 4 is 16.1 Å². The van der Waals surface area contributed by atoms with Crippen molar-refractivity contribution in [2.24, 2.45) is 23.7 Å². The van der Waals surface area contributed by atoms with E-state index < -0.39 is 51.5 Å². The van der Waals surface area contributed by atoms with Gasteiger partial charge in [0.25, 0.3) is 10.1 Å². The summed E-state index contributed by atoms with van der Waals surface area (Å²) in [7, 11) is -4.34. The summed E-state index contributed by atoms with van der Waals surface area (Å²) in [4.78, 5) is 12.3. The number of ether oxygens (including phenoxy) is 2. The fourth-order valence-corrected chi connectivity index (χ4v) is 6.24. The third-order valence-corrected chi connectivity index (χ3v) is 7.80. The molecule has 0 unspecified atom stereocenters. The van der Waals surface area contributed by atoms with E-state index in [0.29, 0.717) is 11.8 Å². The molecule has 4 bridgehead atoms. The lowest BCUT2D eigenvalue weighted by Crippen LogP contribution is -2.59. The van der Waals surface area contributed by atoms with Crippen molar-refractivity contribution in [2.45, 2.75) is 43.9 Å². The maximum absolute atomic E-state index is 13.7. The van der Waals surface area contributed by atoms with Gasteiger partial charge in [0, 0.05) is 11.8 Å². The second-order valence-corrected chi connectivity index (χ2v) is 10.7. The predicted octanol–water partition coefficient (Wildman–Crippen LogP) is 4.51. The molecule has 0 heterocycles. The SMILES string of the molecule is C=CC1(Oc2cc(C(=O)OCCS(=O)(=O)O)ccc2C(F)(F)F)C2CC3CC(C2)CC1C3. The van der Waals surface area contributed by atoms with Gasteiger partial charge in [-0.25, -0.2) is 4.79 Å². The van der Waals surface area contributed by atoms with E-state index in [4.69, 9.17) is 14.0 Å². The Bertz CT molecular complexity index is 989. The molecular formula is C22H25F3O6S. The zero-order valence-corrected chi connectivity index (χ0v) is 18.1. The van der Waals surface area contributed by atoms with Gasteiger partial charge in [-0.15, -0.1) is 0 Å². The molecule has 1 N–H and O–H groups in total. The van der Waals surface area contributed by atoms with Gasteiger partial charge in [0.15, 0.2) is 0 Å². The number of halogens is 3. The molecule has 10 heteroatoms. The number of esters is 1. The lowest BCUT2D eigenvalue weighted by atomic mass is 9.50. The van der Waals surface area contributed by atoms with Crippen molar-refractivity contribution in [1.82, 2.24) is 0 Å². The Labute approximate surface area is 184 Å². The van der Waals surface area contributed by atoms with Crippen LogP contribution in [-0.2, 0) is 21.0 Å². The molecule has 6 nitrogen and oxygen atoms in total. The standard InChI is InChI=1S/C22H25F3O6S/c1-2-21(16-8-13-7-14(10-16)11-17(21)9-13)31-19-12-15(3-4-18(19)22(23,24)25)20(26)30-5-6-32(27,28)29/h2-4,12-14,16-17H,1,5-11H2,(H,27,28,29). The van der Waals surface area contributed by atoms with E-state index in [1.165, 1.54) is 6.42 Å². The van der Waals surface area contributed by atoms with Gasteiger partial charge in [0.05, 0.1) is 11.1 Å². The van der Waals surface area contributed by atoms with Crippen LogP contribution in [0.15, 0.2) is 30.9 Å². The summed E-state index contributed by atoms with van der Waals surface area (Å²) in [5, 5.41) is 0. The van der Waals surface area contributed by atoms with Crippen molar-refractivity contribution in [3.05, 3.63) is 42.0 Å². The lowest BCUT2D eigenvalue weighted by molar-refractivity contribution is -0.149. The van der Waals surface area contributed by atoms with Crippen LogP contribution in [-0.4, -0.2) is 36.9 Å². The maximum atomic E-state index is 13.7. The first kappa shape index (κ1) is 23.1. The summed E-state index contributed by atoms with van der Waals surface area (Å²) in [6.07, 6.45) is 1.65. The van der Waals surface area contributed by atoms with Crippen LogP contribution in [0.4, 0.5) is 13.2 Å². The molecule has 5 rings (SSSR count). The minimum atomic E-state index is -4.70. The van der Waals surface area contributed by atoms with E-state index in [1.54, 1.807) is 6.08 Å². The van der Waals surface area contributed by atoms with Gasteiger partial charge in [-0.3, -0.25) is 4.55 Å². The average Bonchev–Trinajstić information content (AvgIpc) is 2.68.